The van der Waals surface area contributed by atoms with Crippen molar-refractivity contribution >= 4 is 17.7 Å². The summed E-state index contributed by atoms with van der Waals surface area (Å²) in [4.78, 5) is 19.3. The van der Waals surface area contributed by atoms with Crippen LogP contribution < -0.4 is 20.9 Å². The smallest absolute Gasteiger partial charge is 0.305 e. The molecule has 0 aliphatic rings. The fraction of sp³-hybridized carbons (Fsp3) is 0.522. The van der Waals surface area contributed by atoms with Crippen LogP contribution in [0.5, 0.6) is 11.5 Å². The molecule has 0 bridgehead atoms. The number of anilines is 2. The second kappa shape index (κ2) is 13.3. The quantitative estimate of drug-likeness (QED) is 0.342. The maximum atomic E-state index is 11.3. The van der Waals surface area contributed by atoms with Crippen molar-refractivity contribution in [3.05, 3.63) is 35.5 Å². The van der Waals surface area contributed by atoms with Gasteiger partial charge in [0.15, 0.2) is 0 Å². The standard InChI is InChI=1S/C23H34N4O4/c1-3-30-21(28)10-8-6-4-5-7-9-13-31-19-11-12-20(29-2)17(15-19)14-18-16-26-23(25)27-22(18)24/h11-12,15-16H,3-10,13-14H2,1-2H3,(H4,24,25,26,27). The first-order chi connectivity index (χ1) is 15.0. The number of nitrogens with zero attached hydrogens (tertiary/aromatic N) is 2. The maximum Gasteiger partial charge on any atom is 0.305 e. The van der Waals surface area contributed by atoms with Crippen LogP contribution in [0.2, 0.25) is 0 Å². The van der Waals surface area contributed by atoms with Gasteiger partial charge < -0.3 is 25.7 Å². The monoisotopic (exact) mass is 430 g/mol. The number of hydrogen-bond acceptors (Lipinski definition) is 8. The van der Waals surface area contributed by atoms with Crippen molar-refractivity contribution in [3.8, 4) is 11.5 Å². The molecule has 0 atom stereocenters. The molecule has 0 amide bonds. The number of nitrogens with two attached hydrogens (primary N) is 2. The summed E-state index contributed by atoms with van der Waals surface area (Å²) >= 11 is 0. The van der Waals surface area contributed by atoms with E-state index in [9.17, 15) is 4.79 Å². The Morgan fingerprint density at radius 2 is 1.77 bits per heavy atom. The van der Waals surface area contributed by atoms with Gasteiger partial charge in [0.05, 0.1) is 20.3 Å². The highest BCUT2D eigenvalue weighted by Gasteiger charge is 2.10. The summed E-state index contributed by atoms with van der Waals surface area (Å²) in [6.07, 6.45) is 8.97. The van der Waals surface area contributed by atoms with Crippen LogP contribution in [0.3, 0.4) is 0 Å². The third kappa shape index (κ3) is 8.70. The van der Waals surface area contributed by atoms with Gasteiger partial charge in [-0.15, -0.1) is 0 Å². The van der Waals surface area contributed by atoms with Crippen LogP contribution in [0.15, 0.2) is 24.4 Å². The van der Waals surface area contributed by atoms with Crippen molar-refractivity contribution in [2.45, 2.75) is 58.3 Å². The van der Waals surface area contributed by atoms with Gasteiger partial charge in [0.2, 0.25) is 5.95 Å². The van der Waals surface area contributed by atoms with E-state index in [0.717, 1.165) is 61.2 Å². The zero-order valence-electron chi connectivity index (χ0n) is 18.6. The number of aromatic nitrogens is 2. The van der Waals surface area contributed by atoms with E-state index in [1.54, 1.807) is 13.3 Å². The molecule has 1 aromatic carbocycles. The molecule has 0 aliphatic heterocycles. The molecular formula is C23H34N4O4. The van der Waals surface area contributed by atoms with Crippen molar-refractivity contribution in [2.75, 3.05) is 31.8 Å². The highest BCUT2D eigenvalue weighted by Crippen LogP contribution is 2.27. The van der Waals surface area contributed by atoms with Crippen molar-refractivity contribution in [1.82, 2.24) is 9.97 Å². The number of carbonyl (C=O) groups is 1. The second-order valence-corrected chi connectivity index (χ2v) is 7.31. The third-order valence-corrected chi connectivity index (χ3v) is 4.90. The van der Waals surface area contributed by atoms with E-state index in [-0.39, 0.29) is 11.9 Å². The zero-order chi connectivity index (χ0) is 22.5. The normalized spacial score (nSPS) is 10.6. The van der Waals surface area contributed by atoms with Crippen LogP contribution >= 0.6 is 0 Å². The van der Waals surface area contributed by atoms with Gasteiger partial charge >= 0.3 is 5.97 Å². The lowest BCUT2D eigenvalue weighted by Gasteiger charge is -2.13. The summed E-state index contributed by atoms with van der Waals surface area (Å²) < 4.78 is 16.3. The summed E-state index contributed by atoms with van der Waals surface area (Å²) in [5.74, 6) is 1.97. The Hall–Kier alpha value is -3.03. The largest absolute Gasteiger partial charge is 0.496 e. The number of ether oxygens (including phenoxy) is 3. The van der Waals surface area contributed by atoms with Gasteiger partial charge in [-0.05, 0) is 38.0 Å². The van der Waals surface area contributed by atoms with Crippen LogP contribution in [-0.4, -0.2) is 36.3 Å². The van der Waals surface area contributed by atoms with E-state index in [4.69, 9.17) is 25.7 Å². The van der Waals surface area contributed by atoms with E-state index in [1.807, 2.05) is 25.1 Å². The SMILES string of the molecule is CCOC(=O)CCCCCCCCOc1ccc(OC)c(Cc2cnc(N)nc2N)c1. The van der Waals surface area contributed by atoms with Gasteiger partial charge in [0, 0.05) is 30.2 Å². The summed E-state index contributed by atoms with van der Waals surface area (Å²) in [6, 6.07) is 5.76. The Kier molecular flexibility index (Phi) is 10.4. The molecule has 4 N–H and O–H groups in total. The molecule has 0 saturated carbocycles. The predicted octanol–water partition coefficient (Wildman–Crippen LogP) is 3.91. The van der Waals surface area contributed by atoms with E-state index in [1.165, 1.54) is 0 Å². The van der Waals surface area contributed by atoms with Gasteiger partial charge in [0.25, 0.3) is 0 Å². The van der Waals surface area contributed by atoms with Gasteiger partial charge in [-0.1, -0.05) is 25.7 Å². The second-order valence-electron chi connectivity index (χ2n) is 7.31. The third-order valence-electron chi connectivity index (χ3n) is 4.90. The molecule has 8 heteroatoms. The molecule has 0 fully saturated rings. The molecule has 1 aromatic heterocycles. The lowest BCUT2D eigenvalue weighted by Crippen LogP contribution is -2.05. The maximum absolute atomic E-state index is 11.3. The molecule has 0 aliphatic carbocycles. The minimum atomic E-state index is -0.0960. The van der Waals surface area contributed by atoms with Crippen LogP contribution in [0.1, 0.15) is 63.0 Å². The molecule has 0 radical (unpaired) electrons. The Bertz CT molecular complexity index is 829. The number of carbonyl (C=O) groups excluding carboxylic acids is 1. The molecule has 1 heterocycles. The first kappa shape index (κ1) is 24.2. The summed E-state index contributed by atoms with van der Waals surface area (Å²) in [6.45, 7) is 2.94. The fourth-order valence-corrected chi connectivity index (χ4v) is 3.26. The van der Waals surface area contributed by atoms with Crippen molar-refractivity contribution < 1.29 is 19.0 Å². The van der Waals surface area contributed by atoms with Crippen LogP contribution in [0, 0.1) is 0 Å². The number of unbranched alkanes of at least 4 members (excludes halogenated alkanes) is 5. The van der Waals surface area contributed by atoms with Gasteiger partial charge in [-0.25, -0.2) is 4.98 Å². The Labute approximate surface area is 184 Å². The molecule has 0 saturated heterocycles. The Morgan fingerprint density at radius 3 is 2.48 bits per heavy atom. The molecular weight excluding hydrogens is 396 g/mol. The molecule has 170 valence electrons. The Balaban J connectivity index is 1.72. The minimum absolute atomic E-state index is 0.0960. The summed E-state index contributed by atoms with van der Waals surface area (Å²) in [5, 5.41) is 0. The van der Waals surface area contributed by atoms with E-state index < -0.39 is 0 Å². The lowest BCUT2D eigenvalue weighted by molar-refractivity contribution is -0.143. The lowest BCUT2D eigenvalue weighted by atomic mass is 10.1. The Morgan fingerprint density at radius 1 is 1.03 bits per heavy atom. The summed E-state index contributed by atoms with van der Waals surface area (Å²) in [7, 11) is 1.63. The van der Waals surface area contributed by atoms with Crippen molar-refractivity contribution in [3.63, 3.8) is 0 Å². The van der Waals surface area contributed by atoms with Gasteiger partial charge in [0.1, 0.15) is 17.3 Å². The molecule has 2 aromatic rings. The van der Waals surface area contributed by atoms with Crippen LogP contribution in [0.4, 0.5) is 11.8 Å². The number of methoxy groups -OCH3 is 1. The first-order valence-corrected chi connectivity index (χ1v) is 10.9. The van der Waals surface area contributed by atoms with E-state index >= 15 is 0 Å². The number of rotatable bonds is 14. The van der Waals surface area contributed by atoms with E-state index in [0.29, 0.717) is 31.9 Å². The predicted molar refractivity (Wildman–Crippen MR) is 121 cm³/mol. The number of hydrogen-bond donors (Lipinski definition) is 2. The van der Waals surface area contributed by atoms with Crippen LogP contribution in [-0.2, 0) is 16.0 Å². The highest BCUT2D eigenvalue weighted by molar-refractivity contribution is 5.69. The summed E-state index contributed by atoms with van der Waals surface area (Å²) in [5.41, 5.74) is 13.3. The van der Waals surface area contributed by atoms with Crippen molar-refractivity contribution in [2.24, 2.45) is 0 Å². The van der Waals surface area contributed by atoms with Gasteiger partial charge in [-0.3, -0.25) is 4.79 Å². The molecule has 0 unspecified atom stereocenters. The highest BCUT2D eigenvalue weighted by atomic mass is 16.5. The van der Waals surface area contributed by atoms with Gasteiger partial charge in [-0.2, -0.15) is 4.98 Å². The fourth-order valence-electron chi connectivity index (χ4n) is 3.26. The number of esters is 1. The molecule has 2 rings (SSSR count). The van der Waals surface area contributed by atoms with Crippen molar-refractivity contribution in [1.29, 1.82) is 0 Å². The molecule has 0 spiro atoms. The molecule has 31 heavy (non-hydrogen) atoms. The van der Waals surface area contributed by atoms with E-state index in [2.05, 4.69) is 9.97 Å². The first-order valence-electron chi connectivity index (χ1n) is 10.9. The average molecular weight is 431 g/mol. The topological polar surface area (TPSA) is 123 Å². The number of nitrogen functional groups attached to an aromatic ring is 2. The minimum Gasteiger partial charge on any atom is -0.496 e. The molecule has 8 nitrogen and oxygen atoms in total. The number of benzene rings is 1. The average Bonchev–Trinajstić information content (AvgIpc) is 2.75. The van der Waals surface area contributed by atoms with Crippen LogP contribution in [0.25, 0.3) is 0 Å². The zero-order valence-corrected chi connectivity index (χ0v) is 18.6.